The molecule has 1 aromatic carbocycles. The predicted octanol–water partition coefficient (Wildman–Crippen LogP) is 4.86. The Kier molecular flexibility index (Phi) is 4.78. The highest BCUT2D eigenvalue weighted by atomic mass is 16.5. The molecular weight excluding hydrogens is 342 g/mol. The molecule has 0 unspecified atom stereocenters. The van der Waals surface area contributed by atoms with Gasteiger partial charge in [-0.2, -0.15) is 4.98 Å². The van der Waals surface area contributed by atoms with E-state index in [4.69, 9.17) is 13.7 Å². The smallest absolute Gasteiger partial charge is 0.251 e. The standard InChI is InChI=1S/C21H17N3O3/c1-15(19-8-4-10-25-19)11-20-23-21(24-27-20)17-6-2-7-18(12-17)26-14-16-5-3-9-22-13-16/h2-13H,14H2,1H3/b15-11-. The first-order chi connectivity index (χ1) is 13.3. The number of hydrogen-bond acceptors (Lipinski definition) is 6. The van der Waals surface area contributed by atoms with Gasteiger partial charge < -0.3 is 13.7 Å². The third-order valence-corrected chi connectivity index (χ3v) is 3.91. The Balaban J connectivity index is 1.49. The van der Waals surface area contributed by atoms with Crippen LogP contribution >= 0.6 is 0 Å². The molecule has 4 rings (SSSR count). The number of hydrogen-bond donors (Lipinski definition) is 0. The highest BCUT2D eigenvalue weighted by molar-refractivity contribution is 5.75. The summed E-state index contributed by atoms with van der Waals surface area (Å²) in [4.78, 5) is 8.51. The number of rotatable bonds is 6. The summed E-state index contributed by atoms with van der Waals surface area (Å²) in [5.74, 6) is 2.41. The van der Waals surface area contributed by atoms with Gasteiger partial charge in [0.2, 0.25) is 5.82 Å². The maximum atomic E-state index is 5.82. The molecule has 0 N–H and O–H groups in total. The molecule has 0 saturated heterocycles. The van der Waals surface area contributed by atoms with E-state index >= 15 is 0 Å². The number of nitrogens with zero attached hydrogens (tertiary/aromatic N) is 3. The zero-order valence-electron chi connectivity index (χ0n) is 14.7. The van der Waals surface area contributed by atoms with Gasteiger partial charge in [0.25, 0.3) is 5.89 Å². The third-order valence-electron chi connectivity index (χ3n) is 3.91. The summed E-state index contributed by atoms with van der Waals surface area (Å²) < 4.78 is 16.5. The minimum absolute atomic E-state index is 0.417. The molecule has 27 heavy (non-hydrogen) atoms. The first kappa shape index (κ1) is 16.8. The summed E-state index contributed by atoms with van der Waals surface area (Å²) in [5, 5.41) is 4.05. The summed E-state index contributed by atoms with van der Waals surface area (Å²) in [5.41, 5.74) is 2.73. The molecule has 0 saturated carbocycles. The molecule has 0 aliphatic carbocycles. The molecule has 6 heteroatoms. The Hall–Kier alpha value is -3.67. The van der Waals surface area contributed by atoms with Crippen LogP contribution in [0.4, 0.5) is 0 Å². The molecule has 0 atom stereocenters. The van der Waals surface area contributed by atoms with Gasteiger partial charge in [0.15, 0.2) is 0 Å². The van der Waals surface area contributed by atoms with E-state index in [-0.39, 0.29) is 0 Å². The molecule has 0 amide bonds. The van der Waals surface area contributed by atoms with Crippen molar-refractivity contribution < 1.29 is 13.7 Å². The van der Waals surface area contributed by atoms with Crippen LogP contribution in [-0.4, -0.2) is 15.1 Å². The molecule has 0 aliphatic rings. The number of pyridine rings is 1. The quantitative estimate of drug-likeness (QED) is 0.489. The zero-order valence-corrected chi connectivity index (χ0v) is 14.7. The average Bonchev–Trinajstić information content (AvgIpc) is 3.40. The van der Waals surface area contributed by atoms with Crippen LogP contribution < -0.4 is 4.74 Å². The van der Waals surface area contributed by atoms with Crippen molar-refractivity contribution in [2.45, 2.75) is 13.5 Å². The van der Waals surface area contributed by atoms with Gasteiger partial charge >= 0.3 is 0 Å². The van der Waals surface area contributed by atoms with Crippen molar-refractivity contribution >= 4 is 11.6 Å². The van der Waals surface area contributed by atoms with Gasteiger partial charge in [-0.25, -0.2) is 0 Å². The van der Waals surface area contributed by atoms with Crippen molar-refractivity contribution in [1.29, 1.82) is 0 Å². The van der Waals surface area contributed by atoms with Gasteiger partial charge in [0, 0.05) is 29.6 Å². The average molecular weight is 359 g/mol. The summed E-state index contributed by atoms with van der Waals surface area (Å²) in [7, 11) is 0. The lowest BCUT2D eigenvalue weighted by Gasteiger charge is -2.06. The minimum atomic E-state index is 0.417. The minimum Gasteiger partial charge on any atom is -0.489 e. The number of allylic oxidation sites excluding steroid dienone is 1. The Bertz CT molecular complexity index is 1040. The second kappa shape index (κ2) is 7.70. The van der Waals surface area contributed by atoms with Gasteiger partial charge in [-0.15, -0.1) is 0 Å². The van der Waals surface area contributed by atoms with E-state index in [0.717, 1.165) is 28.2 Å². The first-order valence-corrected chi connectivity index (χ1v) is 8.46. The molecule has 3 aromatic heterocycles. The van der Waals surface area contributed by atoms with Crippen molar-refractivity contribution in [3.63, 3.8) is 0 Å². The molecule has 0 spiro atoms. The van der Waals surface area contributed by atoms with E-state index in [1.54, 1.807) is 24.7 Å². The van der Waals surface area contributed by atoms with Crippen LogP contribution in [0.5, 0.6) is 5.75 Å². The van der Waals surface area contributed by atoms with Gasteiger partial charge in [0.05, 0.1) is 6.26 Å². The van der Waals surface area contributed by atoms with Crippen LogP contribution in [0.25, 0.3) is 23.0 Å². The van der Waals surface area contributed by atoms with Crippen LogP contribution in [-0.2, 0) is 6.61 Å². The van der Waals surface area contributed by atoms with E-state index in [1.807, 2.05) is 55.5 Å². The SMILES string of the molecule is C/C(=C/c1nc(-c2cccc(OCc3cccnc3)c2)no1)c1ccco1. The van der Waals surface area contributed by atoms with Gasteiger partial charge in [-0.05, 0) is 42.8 Å². The summed E-state index contributed by atoms with van der Waals surface area (Å²) in [6, 6.07) is 15.2. The van der Waals surface area contributed by atoms with E-state index < -0.39 is 0 Å². The van der Waals surface area contributed by atoms with Crippen molar-refractivity contribution in [1.82, 2.24) is 15.1 Å². The predicted molar refractivity (Wildman–Crippen MR) is 101 cm³/mol. The van der Waals surface area contributed by atoms with Crippen molar-refractivity contribution in [3.8, 4) is 17.1 Å². The molecule has 6 nitrogen and oxygen atoms in total. The van der Waals surface area contributed by atoms with Gasteiger partial charge in [-0.3, -0.25) is 4.98 Å². The maximum Gasteiger partial charge on any atom is 0.251 e. The van der Waals surface area contributed by atoms with Crippen LogP contribution in [0.1, 0.15) is 24.1 Å². The molecular formula is C21H17N3O3. The van der Waals surface area contributed by atoms with Crippen LogP contribution in [0.3, 0.4) is 0 Å². The summed E-state index contributed by atoms with van der Waals surface area (Å²) in [6.45, 7) is 2.37. The second-order valence-electron chi connectivity index (χ2n) is 5.94. The van der Waals surface area contributed by atoms with Gasteiger partial charge in [-0.1, -0.05) is 23.4 Å². The highest BCUT2D eigenvalue weighted by Gasteiger charge is 2.09. The lowest BCUT2D eigenvalue weighted by molar-refractivity contribution is 0.306. The first-order valence-electron chi connectivity index (χ1n) is 8.46. The Labute approximate surface area is 156 Å². The Morgan fingerprint density at radius 3 is 2.93 bits per heavy atom. The molecule has 134 valence electrons. The summed E-state index contributed by atoms with van der Waals surface area (Å²) in [6.07, 6.45) is 6.93. The Morgan fingerprint density at radius 1 is 1.15 bits per heavy atom. The van der Waals surface area contributed by atoms with Crippen LogP contribution in [0.15, 0.2) is 76.1 Å². The lowest BCUT2D eigenvalue weighted by atomic mass is 10.2. The largest absolute Gasteiger partial charge is 0.489 e. The number of aromatic nitrogens is 3. The topological polar surface area (TPSA) is 74.2 Å². The van der Waals surface area contributed by atoms with Crippen molar-refractivity contribution in [2.75, 3.05) is 0 Å². The Morgan fingerprint density at radius 2 is 2.11 bits per heavy atom. The van der Waals surface area contributed by atoms with E-state index in [9.17, 15) is 0 Å². The van der Waals surface area contributed by atoms with Crippen LogP contribution in [0.2, 0.25) is 0 Å². The lowest BCUT2D eigenvalue weighted by Crippen LogP contribution is -1.95. The fourth-order valence-electron chi connectivity index (χ4n) is 2.55. The van der Waals surface area contributed by atoms with E-state index in [0.29, 0.717) is 18.3 Å². The monoisotopic (exact) mass is 359 g/mol. The molecule has 4 aromatic rings. The normalized spacial score (nSPS) is 11.5. The number of furan rings is 1. The third kappa shape index (κ3) is 4.12. The molecule has 3 heterocycles. The zero-order chi connectivity index (χ0) is 18.5. The number of ether oxygens (including phenoxy) is 1. The van der Waals surface area contributed by atoms with Crippen molar-refractivity contribution in [3.05, 3.63) is 84.4 Å². The molecule has 0 aliphatic heterocycles. The second-order valence-corrected chi connectivity index (χ2v) is 5.94. The maximum absolute atomic E-state index is 5.82. The summed E-state index contributed by atoms with van der Waals surface area (Å²) >= 11 is 0. The fourth-order valence-corrected chi connectivity index (χ4v) is 2.55. The van der Waals surface area contributed by atoms with E-state index in [2.05, 4.69) is 15.1 Å². The molecule has 0 bridgehead atoms. The van der Waals surface area contributed by atoms with E-state index in [1.165, 1.54) is 0 Å². The highest BCUT2D eigenvalue weighted by Crippen LogP contribution is 2.24. The molecule has 0 radical (unpaired) electrons. The number of benzene rings is 1. The van der Waals surface area contributed by atoms with Gasteiger partial charge in [0.1, 0.15) is 18.1 Å². The van der Waals surface area contributed by atoms with Crippen LogP contribution in [0, 0.1) is 0 Å². The molecule has 0 fully saturated rings. The fraction of sp³-hybridized carbons (Fsp3) is 0.0952. The van der Waals surface area contributed by atoms with Crippen molar-refractivity contribution in [2.24, 2.45) is 0 Å².